The van der Waals surface area contributed by atoms with Gasteiger partial charge in [-0.3, -0.25) is 4.90 Å². The minimum absolute atomic E-state index is 0.0929. The zero-order valence-corrected chi connectivity index (χ0v) is 15.6. The number of furan rings is 1. The van der Waals surface area contributed by atoms with E-state index < -0.39 is 0 Å². The highest BCUT2D eigenvalue weighted by Crippen LogP contribution is 2.24. The Kier molecular flexibility index (Phi) is 6.17. The van der Waals surface area contributed by atoms with Gasteiger partial charge in [0, 0.05) is 32.9 Å². The monoisotopic (exact) mass is 356 g/mol. The second kappa shape index (κ2) is 8.76. The molecule has 2 amide bonds. The number of carbonyl (C=O) groups excluding carboxylic acids is 1. The first-order valence-corrected chi connectivity index (χ1v) is 9.19. The van der Waals surface area contributed by atoms with Crippen LogP contribution in [0.3, 0.4) is 0 Å². The van der Waals surface area contributed by atoms with Crippen molar-refractivity contribution in [3.8, 4) is 0 Å². The quantitative estimate of drug-likeness (QED) is 0.801. The van der Waals surface area contributed by atoms with Crippen LogP contribution in [-0.4, -0.2) is 44.7 Å². The fourth-order valence-electron chi connectivity index (χ4n) is 3.32. The molecule has 1 aromatic carbocycles. The topological polar surface area (TPSA) is 60.8 Å². The van der Waals surface area contributed by atoms with Crippen molar-refractivity contribution in [1.29, 1.82) is 0 Å². The molecule has 1 saturated heterocycles. The summed E-state index contributed by atoms with van der Waals surface area (Å²) < 4.78 is 5.59. The van der Waals surface area contributed by atoms with Crippen LogP contribution < -0.4 is 15.5 Å². The number of carbonyl (C=O) groups is 1. The maximum Gasteiger partial charge on any atom is 0.315 e. The predicted molar refractivity (Wildman–Crippen MR) is 103 cm³/mol. The van der Waals surface area contributed by atoms with Crippen molar-refractivity contribution in [2.24, 2.45) is 0 Å². The van der Waals surface area contributed by atoms with Gasteiger partial charge in [0.05, 0.1) is 12.3 Å². The molecule has 0 spiro atoms. The second-order valence-electron chi connectivity index (χ2n) is 6.90. The number of amides is 2. The highest BCUT2D eigenvalue weighted by atomic mass is 16.3. The average molecular weight is 356 g/mol. The van der Waals surface area contributed by atoms with E-state index in [2.05, 4.69) is 21.6 Å². The summed E-state index contributed by atoms with van der Waals surface area (Å²) in [5.74, 6) is 0.908. The van der Waals surface area contributed by atoms with E-state index in [0.717, 1.165) is 30.1 Å². The van der Waals surface area contributed by atoms with E-state index in [1.165, 1.54) is 12.8 Å². The maximum atomic E-state index is 12.2. The largest absolute Gasteiger partial charge is 0.468 e. The Labute approximate surface area is 155 Å². The Morgan fingerprint density at radius 2 is 2.00 bits per heavy atom. The number of nitrogens with zero attached hydrogens (tertiary/aromatic N) is 2. The lowest BCUT2D eigenvalue weighted by Crippen LogP contribution is -2.41. The molecule has 2 heterocycles. The fourth-order valence-corrected chi connectivity index (χ4v) is 3.32. The number of anilines is 1. The molecule has 0 radical (unpaired) electrons. The number of nitrogens with one attached hydrogen (secondary N) is 2. The van der Waals surface area contributed by atoms with Gasteiger partial charge < -0.3 is 20.0 Å². The molecule has 0 aliphatic carbocycles. The number of rotatable bonds is 7. The van der Waals surface area contributed by atoms with Crippen molar-refractivity contribution in [2.75, 3.05) is 38.6 Å². The summed E-state index contributed by atoms with van der Waals surface area (Å²) in [5, 5.41) is 5.93. The van der Waals surface area contributed by atoms with Crippen LogP contribution in [0.1, 0.15) is 30.2 Å². The molecular formula is C20H28N4O2. The molecule has 2 N–H and O–H groups in total. The lowest BCUT2D eigenvalue weighted by Gasteiger charge is -2.26. The van der Waals surface area contributed by atoms with Gasteiger partial charge in [-0.05, 0) is 55.8 Å². The van der Waals surface area contributed by atoms with Crippen LogP contribution in [0.2, 0.25) is 0 Å². The number of hydrogen-bond donors (Lipinski definition) is 2. The van der Waals surface area contributed by atoms with Crippen molar-refractivity contribution in [2.45, 2.75) is 25.4 Å². The van der Waals surface area contributed by atoms with Gasteiger partial charge in [0.15, 0.2) is 0 Å². The highest BCUT2D eigenvalue weighted by Gasteiger charge is 2.25. The molecule has 140 valence electrons. The van der Waals surface area contributed by atoms with Gasteiger partial charge in [0.25, 0.3) is 0 Å². The van der Waals surface area contributed by atoms with Crippen molar-refractivity contribution < 1.29 is 9.21 Å². The minimum atomic E-state index is -0.156. The molecule has 26 heavy (non-hydrogen) atoms. The first-order valence-electron chi connectivity index (χ1n) is 9.19. The third-order valence-corrected chi connectivity index (χ3v) is 4.79. The molecule has 6 heteroatoms. The summed E-state index contributed by atoms with van der Waals surface area (Å²) in [7, 11) is 4.01. The lowest BCUT2D eigenvalue weighted by molar-refractivity contribution is 0.203. The number of hydrogen-bond acceptors (Lipinski definition) is 4. The van der Waals surface area contributed by atoms with Crippen LogP contribution in [0, 0.1) is 0 Å². The zero-order chi connectivity index (χ0) is 18.4. The van der Waals surface area contributed by atoms with Crippen LogP contribution in [0.4, 0.5) is 10.5 Å². The molecule has 0 bridgehead atoms. The van der Waals surface area contributed by atoms with Crippen molar-refractivity contribution >= 4 is 11.7 Å². The van der Waals surface area contributed by atoms with E-state index in [1.54, 1.807) is 6.26 Å². The fraction of sp³-hybridized carbons (Fsp3) is 0.450. The molecule has 6 nitrogen and oxygen atoms in total. The SMILES string of the molecule is CN(C)c1cccc(CNC(=O)NCC(c2ccco2)N2CCCC2)c1. The third-order valence-electron chi connectivity index (χ3n) is 4.79. The van der Waals surface area contributed by atoms with E-state index in [-0.39, 0.29) is 12.1 Å². The summed E-state index contributed by atoms with van der Waals surface area (Å²) in [6.07, 6.45) is 4.09. The first kappa shape index (κ1) is 18.3. The Hall–Kier alpha value is -2.47. The van der Waals surface area contributed by atoms with E-state index in [9.17, 15) is 4.79 Å². The normalized spacial score (nSPS) is 15.6. The number of urea groups is 1. The molecule has 1 aliphatic rings. The highest BCUT2D eigenvalue weighted by molar-refractivity contribution is 5.73. The smallest absolute Gasteiger partial charge is 0.315 e. The van der Waals surface area contributed by atoms with Gasteiger partial charge in [-0.2, -0.15) is 0 Å². The molecule has 1 atom stereocenters. The minimum Gasteiger partial charge on any atom is -0.468 e. The lowest BCUT2D eigenvalue weighted by atomic mass is 10.2. The summed E-state index contributed by atoms with van der Waals surface area (Å²) in [6.45, 7) is 3.14. The average Bonchev–Trinajstić information content (AvgIpc) is 3.35. The van der Waals surface area contributed by atoms with Gasteiger partial charge in [-0.25, -0.2) is 4.79 Å². The number of likely N-dealkylation sites (tertiary alicyclic amines) is 1. The van der Waals surface area contributed by atoms with Gasteiger partial charge >= 0.3 is 6.03 Å². The summed E-state index contributed by atoms with van der Waals surface area (Å²) in [4.78, 5) is 16.7. The molecule has 0 saturated carbocycles. The third kappa shape index (κ3) is 4.79. The maximum absolute atomic E-state index is 12.2. The van der Waals surface area contributed by atoms with Gasteiger partial charge in [-0.1, -0.05) is 12.1 Å². The molecule has 1 unspecified atom stereocenters. The van der Waals surface area contributed by atoms with Gasteiger partial charge in [0.2, 0.25) is 0 Å². The van der Waals surface area contributed by atoms with Crippen LogP contribution in [-0.2, 0) is 6.54 Å². The van der Waals surface area contributed by atoms with Crippen molar-refractivity contribution in [1.82, 2.24) is 15.5 Å². The molecule has 1 aromatic heterocycles. The molecule has 1 aliphatic heterocycles. The summed E-state index contributed by atoms with van der Waals surface area (Å²) in [5.41, 5.74) is 2.20. The molecule has 1 fully saturated rings. The Balaban J connectivity index is 1.51. The molecule has 3 rings (SSSR count). The number of benzene rings is 1. The van der Waals surface area contributed by atoms with E-state index in [4.69, 9.17) is 4.42 Å². The molecular weight excluding hydrogens is 328 g/mol. The zero-order valence-electron chi connectivity index (χ0n) is 15.6. The molecule has 2 aromatic rings. The Morgan fingerprint density at radius 3 is 2.69 bits per heavy atom. The van der Waals surface area contributed by atoms with Gasteiger partial charge in [-0.15, -0.1) is 0 Å². The van der Waals surface area contributed by atoms with E-state index in [0.29, 0.717) is 13.1 Å². The van der Waals surface area contributed by atoms with Gasteiger partial charge in [0.1, 0.15) is 5.76 Å². The Morgan fingerprint density at radius 1 is 1.19 bits per heavy atom. The summed E-state index contributed by atoms with van der Waals surface area (Å²) in [6, 6.07) is 12.0. The standard InChI is InChI=1S/C20H28N4O2/c1-23(2)17-8-5-7-16(13-17)14-21-20(25)22-15-18(19-9-6-12-26-19)24-10-3-4-11-24/h5-9,12-13,18H,3-4,10-11,14-15H2,1-2H3,(H2,21,22,25). The Bertz CT molecular complexity index is 694. The van der Waals surface area contributed by atoms with Crippen molar-refractivity contribution in [3.05, 3.63) is 54.0 Å². The van der Waals surface area contributed by atoms with Crippen LogP contribution in [0.15, 0.2) is 47.1 Å². The predicted octanol–water partition coefficient (Wildman–Crippen LogP) is 2.98. The summed E-state index contributed by atoms with van der Waals surface area (Å²) >= 11 is 0. The second-order valence-corrected chi connectivity index (χ2v) is 6.90. The van der Waals surface area contributed by atoms with Crippen LogP contribution in [0.5, 0.6) is 0 Å². The van der Waals surface area contributed by atoms with Crippen LogP contribution in [0.25, 0.3) is 0 Å². The first-order chi connectivity index (χ1) is 12.6. The van der Waals surface area contributed by atoms with E-state index in [1.807, 2.05) is 49.3 Å². The van der Waals surface area contributed by atoms with Crippen molar-refractivity contribution in [3.63, 3.8) is 0 Å². The van der Waals surface area contributed by atoms with E-state index >= 15 is 0 Å². The van der Waals surface area contributed by atoms with Crippen LogP contribution >= 0.6 is 0 Å².